The monoisotopic (exact) mass is 328 g/mol. The molecule has 0 atom stereocenters. The SMILES string of the molecule is COc1nc(N2CCCCC2)c2ccc(N3CCOCC3)cc2n1. The zero-order valence-corrected chi connectivity index (χ0v) is 14.2. The van der Waals surface area contributed by atoms with E-state index in [-0.39, 0.29) is 0 Å². The maximum Gasteiger partial charge on any atom is 0.318 e. The summed E-state index contributed by atoms with van der Waals surface area (Å²) in [4.78, 5) is 13.9. The Morgan fingerprint density at radius 1 is 0.958 bits per heavy atom. The molecule has 2 fully saturated rings. The Kier molecular flexibility index (Phi) is 4.38. The Hall–Kier alpha value is -2.08. The van der Waals surface area contributed by atoms with Crippen molar-refractivity contribution in [2.75, 3.05) is 56.3 Å². The third-order valence-electron chi connectivity index (χ3n) is 4.85. The molecule has 3 heterocycles. The Morgan fingerprint density at radius 2 is 1.75 bits per heavy atom. The highest BCUT2D eigenvalue weighted by Gasteiger charge is 2.19. The second kappa shape index (κ2) is 6.81. The summed E-state index contributed by atoms with van der Waals surface area (Å²) >= 11 is 0. The van der Waals surface area contributed by atoms with E-state index in [2.05, 4.69) is 38.0 Å². The van der Waals surface area contributed by atoms with E-state index in [0.29, 0.717) is 6.01 Å². The van der Waals surface area contributed by atoms with Crippen molar-refractivity contribution in [3.63, 3.8) is 0 Å². The quantitative estimate of drug-likeness (QED) is 0.863. The molecule has 6 heteroatoms. The molecule has 2 aliphatic rings. The number of piperidine rings is 1. The Balaban J connectivity index is 1.75. The fourth-order valence-electron chi connectivity index (χ4n) is 3.54. The fraction of sp³-hybridized carbons (Fsp3) is 0.556. The second-order valence-corrected chi connectivity index (χ2v) is 6.38. The number of benzene rings is 1. The summed E-state index contributed by atoms with van der Waals surface area (Å²) in [6, 6.07) is 6.93. The van der Waals surface area contributed by atoms with Crippen molar-refractivity contribution in [1.82, 2.24) is 9.97 Å². The first-order chi connectivity index (χ1) is 11.8. The van der Waals surface area contributed by atoms with Gasteiger partial charge in [-0.1, -0.05) is 0 Å². The van der Waals surface area contributed by atoms with Crippen LogP contribution in [-0.2, 0) is 4.74 Å². The molecular weight excluding hydrogens is 304 g/mol. The topological polar surface area (TPSA) is 50.7 Å². The first-order valence-electron chi connectivity index (χ1n) is 8.78. The van der Waals surface area contributed by atoms with Crippen LogP contribution in [0, 0.1) is 0 Å². The van der Waals surface area contributed by atoms with Crippen LogP contribution in [0.2, 0.25) is 0 Å². The van der Waals surface area contributed by atoms with Crippen molar-refractivity contribution < 1.29 is 9.47 Å². The summed E-state index contributed by atoms with van der Waals surface area (Å²) in [6.45, 7) is 5.52. The van der Waals surface area contributed by atoms with Crippen LogP contribution in [0.3, 0.4) is 0 Å². The number of rotatable bonds is 3. The van der Waals surface area contributed by atoms with Crippen LogP contribution in [0.1, 0.15) is 19.3 Å². The van der Waals surface area contributed by atoms with Crippen LogP contribution in [0.4, 0.5) is 11.5 Å². The number of hydrogen-bond donors (Lipinski definition) is 0. The van der Waals surface area contributed by atoms with Gasteiger partial charge < -0.3 is 19.3 Å². The van der Waals surface area contributed by atoms with Crippen molar-refractivity contribution >= 4 is 22.4 Å². The minimum absolute atomic E-state index is 0.446. The van der Waals surface area contributed by atoms with Gasteiger partial charge in [0.2, 0.25) is 0 Å². The van der Waals surface area contributed by atoms with Crippen LogP contribution in [0.15, 0.2) is 18.2 Å². The molecule has 4 rings (SSSR count). The van der Waals surface area contributed by atoms with Gasteiger partial charge in [0, 0.05) is 37.3 Å². The molecule has 0 amide bonds. The molecule has 0 bridgehead atoms. The molecule has 1 aromatic carbocycles. The molecule has 0 spiro atoms. The van der Waals surface area contributed by atoms with Crippen molar-refractivity contribution in [2.24, 2.45) is 0 Å². The van der Waals surface area contributed by atoms with E-state index in [1.807, 2.05) is 0 Å². The van der Waals surface area contributed by atoms with Crippen LogP contribution in [0.25, 0.3) is 10.9 Å². The average Bonchev–Trinajstić information content (AvgIpc) is 2.68. The molecule has 0 unspecified atom stereocenters. The molecule has 0 radical (unpaired) electrons. The van der Waals surface area contributed by atoms with Crippen LogP contribution < -0.4 is 14.5 Å². The molecule has 2 saturated heterocycles. The van der Waals surface area contributed by atoms with Crippen molar-refractivity contribution in [1.29, 1.82) is 0 Å². The van der Waals surface area contributed by atoms with E-state index >= 15 is 0 Å². The normalized spacial score (nSPS) is 18.9. The number of hydrogen-bond acceptors (Lipinski definition) is 6. The predicted octanol–water partition coefficient (Wildman–Crippen LogP) is 2.47. The average molecular weight is 328 g/mol. The first kappa shape index (κ1) is 15.4. The molecule has 128 valence electrons. The Labute approximate surface area is 142 Å². The maximum atomic E-state index is 5.45. The summed E-state index contributed by atoms with van der Waals surface area (Å²) in [5.41, 5.74) is 2.14. The van der Waals surface area contributed by atoms with E-state index < -0.39 is 0 Å². The zero-order valence-electron chi connectivity index (χ0n) is 14.2. The van der Waals surface area contributed by atoms with Gasteiger partial charge >= 0.3 is 6.01 Å². The number of morpholine rings is 1. The van der Waals surface area contributed by atoms with Crippen molar-refractivity contribution in [2.45, 2.75) is 19.3 Å². The molecule has 2 aromatic rings. The van der Waals surface area contributed by atoms with Gasteiger partial charge in [-0.2, -0.15) is 9.97 Å². The number of nitrogens with zero attached hydrogens (tertiary/aromatic N) is 4. The fourth-order valence-corrected chi connectivity index (χ4v) is 3.54. The van der Waals surface area contributed by atoms with E-state index in [0.717, 1.165) is 56.1 Å². The van der Waals surface area contributed by atoms with Gasteiger partial charge in [-0.3, -0.25) is 0 Å². The lowest BCUT2D eigenvalue weighted by Gasteiger charge is -2.30. The van der Waals surface area contributed by atoms with Crippen molar-refractivity contribution in [3.05, 3.63) is 18.2 Å². The van der Waals surface area contributed by atoms with E-state index in [1.165, 1.54) is 24.9 Å². The highest BCUT2D eigenvalue weighted by atomic mass is 16.5. The third-order valence-corrected chi connectivity index (χ3v) is 4.85. The Morgan fingerprint density at radius 3 is 2.50 bits per heavy atom. The molecule has 24 heavy (non-hydrogen) atoms. The molecule has 6 nitrogen and oxygen atoms in total. The van der Waals surface area contributed by atoms with Crippen LogP contribution in [-0.4, -0.2) is 56.5 Å². The van der Waals surface area contributed by atoms with Crippen LogP contribution >= 0.6 is 0 Å². The van der Waals surface area contributed by atoms with Gasteiger partial charge in [-0.25, -0.2) is 0 Å². The third kappa shape index (κ3) is 2.98. The molecule has 0 saturated carbocycles. The van der Waals surface area contributed by atoms with E-state index in [9.17, 15) is 0 Å². The highest BCUT2D eigenvalue weighted by molar-refractivity contribution is 5.92. The minimum atomic E-state index is 0.446. The van der Waals surface area contributed by atoms with Gasteiger partial charge in [0.05, 0.1) is 25.8 Å². The van der Waals surface area contributed by atoms with Crippen molar-refractivity contribution in [3.8, 4) is 6.01 Å². The lowest BCUT2D eigenvalue weighted by Crippen LogP contribution is -2.36. The highest BCUT2D eigenvalue weighted by Crippen LogP contribution is 2.31. The number of anilines is 2. The standard InChI is InChI=1S/C18H24N4O2/c1-23-18-19-16-13-14(21-9-11-24-12-10-21)5-6-15(16)17(20-18)22-7-3-2-4-8-22/h5-6,13H,2-4,7-12H2,1H3. The molecule has 2 aliphatic heterocycles. The maximum absolute atomic E-state index is 5.45. The lowest BCUT2D eigenvalue weighted by molar-refractivity contribution is 0.122. The molecular formula is C18H24N4O2. The van der Waals surface area contributed by atoms with Gasteiger partial charge in [0.25, 0.3) is 0 Å². The number of fused-ring (bicyclic) bond motifs is 1. The lowest BCUT2D eigenvalue weighted by atomic mass is 10.1. The zero-order chi connectivity index (χ0) is 16.4. The molecule has 0 aliphatic carbocycles. The second-order valence-electron chi connectivity index (χ2n) is 6.38. The van der Waals surface area contributed by atoms with Gasteiger partial charge in [-0.05, 0) is 37.5 Å². The summed E-state index contributed by atoms with van der Waals surface area (Å²) in [6.07, 6.45) is 3.75. The summed E-state index contributed by atoms with van der Waals surface area (Å²) in [5, 5.41) is 1.11. The smallest absolute Gasteiger partial charge is 0.318 e. The van der Waals surface area contributed by atoms with Gasteiger partial charge in [0.15, 0.2) is 0 Å². The largest absolute Gasteiger partial charge is 0.467 e. The number of methoxy groups -OCH3 is 1. The van der Waals surface area contributed by atoms with E-state index in [1.54, 1.807) is 7.11 Å². The van der Waals surface area contributed by atoms with E-state index in [4.69, 9.17) is 9.47 Å². The van der Waals surface area contributed by atoms with Gasteiger partial charge in [-0.15, -0.1) is 0 Å². The summed E-state index contributed by atoms with van der Waals surface area (Å²) in [5.74, 6) is 1.00. The minimum Gasteiger partial charge on any atom is -0.467 e. The predicted molar refractivity (Wildman–Crippen MR) is 95.2 cm³/mol. The molecule has 0 N–H and O–H groups in total. The number of ether oxygens (including phenoxy) is 2. The summed E-state index contributed by atoms with van der Waals surface area (Å²) < 4.78 is 10.8. The van der Waals surface area contributed by atoms with Crippen LogP contribution in [0.5, 0.6) is 6.01 Å². The van der Waals surface area contributed by atoms with Gasteiger partial charge in [0.1, 0.15) is 5.82 Å². The summed E-state index contributed by atoms with van der Waals surface area (Å²) in [7, 11) is 1.63. The first-order valence-corrected chi connectivity index (χ1v) is 8.78. The Bertz CT molecular complexity index is 709. The number of aromatic nitrogens is 2. The molecule has 1 aromatic heterocycles.